The smallest absolute Gasteiger partial charge is 0.338 e. The highest BCUT2D eigenvalue weighted by Crippen LogP contribution is 2.29. The van der Waals surface area contributed by atoms with E-state index in [-0.39, 0.29) is 37.2 Å². The molecule has 2 heterocycles. The molecular formula is C29H28N4O6S. The maximum absolute atomic E-state index is 13.7. The third-order valence-corrected chi connectivity index (χ3v) is 6.47. The lowest BCUT2D eigenvalue weighted by molar-refractivity contribution is -0.124. The van der Waals surface area contributed by atoms with Crippen LogP contribution in [0.3, 0.4) is 0 Å². The van der Waals surface area contributed by atoms with Gasteiger partial charge in [0, 0.05) is 11.9 Å². The maximum Gasteiger partial charge on any atom is 0.338 e. The number of thiocarbonyl (C=S) groups is 1. The van der Waals surface area contributed by atoms with Crippen LogP contribution in [0.5, 0.6) is 0 Å². The molecule has 1 aliphatic rings. The molecule has 10 nitrogen and oxygen atoms in total. The molecular weight excluding hydrogens is 532 g/mol. The number of aromatic nitrogens is 1. The van der Waals surface area contributed by atoms with Crippen LogP contribution in [0.2, 0.25) is 0 Å². The van der Waals surface area contributed by atoms with Crippen LogP contribution in [0, 0.1) is 0 Å². The van der Waals surface area contributed by atoms with Gasteiger partial charge in [-0.15, -0.1) is 0 Å². The van der Waals surface area contributed by atoms with Gasteiger partial charge in [0.15, 0.2) is 5.11 Å². The summed E-state index contributed by atoms with van der Waals surface area (Å²) in [6.45, 7) is 4.11. The Hall–Kier alpha value is -4.64. The van der Waals surface area contributed by atoms with Crippen molar-refractivity contribution >= 4 is 52.5 Å². The number of carbonyl (C=O) groups is 4. The number of anilines is 2. The molecule has 11 heteroatoms. The fourth-order valence-corrected chi connectivity index (χ4v) is 4.59. The number of amides is 2. The molecule has 1 aromatic heterocycles. The molecule has 0 unspecified atom stereocenters. The summed E-state index contributed by atoms with van der Waals surface area (Å²) in [5.74, 6) is -1.79. The summed E-state index contributed by atoms with van der Waals surface area (Å²) in [4.78, 5) is 58.3. The normalized spacial score (nSPS) is 14.7. The van der Waals surface area contributed by atoms with E-state index in [0.29, 0.717) is 28.2 Å². The van der Waals surface area contributed by atoms with E-state index in [2.05, 4.69) is 10.3 Å². The lowest BCUT2D eigenvalue weighted by Gasteiger charge is -2.23. The Bertz CT molecular complexity index is 1410. The van der Waals surface area contributed by atoms with Gasteiger partial charge < -0.3 is 19.7 Å². The summed E-state index contributed by atoms with van der Waals surface area (Å²) >= 11 is 5.70. The van der Waals surface area contributed by atoms with Crippen molar-refractivity contribution in [1.29, 1.82) is 0 Å². The van der Waals surface area contributed by atoms with Crippen molar-refractivity contribution in [1.82, 2.24) is 9.88 Å². The van der Waals surface area contributed by atoms with E-state index < -0.39 is 23.9 Å². The number of benzene rings is 2. The standard InChI is InChI=1S/C29H28N4O6S/c1-3-38-27(36)19-11-13-23(14-12-19)33-26(35)24(32(29(33)40)18-22-9-5-6-15-30-22)17-25(34)31-21-10-7-8-20(16-21)28(37)39-4-2/h5-16,24H,3-4,17-18H2,1-2H3,(H,31,34)/t24-/m0/s1. The molecule has 0 aliphatic carbocycles. The number of nitrogens with zero attached hydrogens (tertiary/aromatic N) is 3. The molecule has 1 N–H and O–H groups in total. The van der Waals surface area contributed by atoms with Gasteiger partial charge in [-0.1, -0.05) is 12.1 Å². The molecule has 2 aromatic carbocycles. The topological polar surface area (TPSA) is 118 Å². The summed E-state index contributed by atoms with van der Waals surface area (Å²) in [6, 6.07) is 17.2. The van der Waals surface area contributed by atoms with Crippen molar-refractivity contribution in [3.8, 4) is 0 Å². The van der Waals surface area contributed by atoms with Gasteiger partial charge in [-0.05, 0) is 80.7 Å². The number of hydrogen-bond donors (Lipinski definition) is 1. The summed E-state index contributed by atoms with van der Waals surface area (Å²) in [5.41, 5.74) is 2.16. The van der Waals surface area contributed by atoms with E-state index in [0.717, 1.165) is 0 Å². The zero-order chi connectivity index (χ0) is 28.6. The highest BCUT2D eigenvalue weighted by atomic mass is 32.1. The Morgan fingerprint density at radius 1 is 0.925 bits per heavy atom. The van der Waals surface area contributed by atoms with E-state index in [9.17, 15) is 19.2 Å². The van der Waals surface area contributed by atoms with Crippen LogP contribution < -0.4 is 10.2 Å². The van der Waals surface area contributed by atoms with Crippen molar-refractivity contribution in [3.63, 3.8) is 0 Å². The zero-order valence-electron chi connectivity index (χ0n) is 22.0. The second kappa shape index (κ2) is 12.9. The molecule has 0 saturated carbocycles. The third kappa shape index (κ3) is 6.49. The molecule has 40 heavy (non-hydrogen) atoms. The average Bonchev–Trinajstić information content (AvgIpc) is 3.17. The van der Waals surface area contributed by atoms with E-state index in [1.54, 1.807) is 73.5 Å². The molecule has 1 aliphatic heterocycles. The first-order chi connectivity index (χ1) is 19.3. The Kier molecular flexibility index (Phi) is 9.18. The third-order valence-electron chi connectivity index (χ3n) is 6.05. The lowest BCUT2D eigenvalue weighted by Crippen LogP contribution is -2.37. The number of carbonyl (C=O) groups excluding carboxylic acids is 4. The molecule has 1 fully saturated rings. The first kappa shape index (κ1) is 28.4. The maximum atomic E-state index is 13.7. The summed E-state index contributed by atoms with van der Waals surface area (Å²) in [5, 5.41) is 2.97. The number of rotatable bonds is 10. The molecule has 1 saturated heterocycles. The molecule has 0 bridgehead atoms. The quantitative estimate of drug-likeness (QED) is 0.290. The van der Waals surface area contributed by atoms with E-state index in [1.807, 2.05) is 12.1 Å². The highest BCUT2D eigenvalue weighted by Gasteiger charge is 2.44. The van der Waals surface area contributed by atoms with Crippen molar-refractivity contribution < 1.29 is 28.7 Å². The fraction of sp³-hybridized carbons (Fsp3) is 0.241. The van der Waals surface area contributed by atoms with Gasteiger partial charge in [0.2, 0.25) is 5.91 Å². The molecule has 3 aromatic rings. The molecule has 4 rings (SSSR count). The van der Waals surface area contributed by atoms with E-state index in [1.165, 1.54) is 11.0 Å². The first-order valence-corrected chi connectivity index (χ1v) is 13.1. The summed E-state index contributed by atoms with van der Waals surface area (Å²) in [6.07, 6.45) is 1.44. The van der Waals surface area contributed by atoms with Crippen LogP contribution >= 0.6 is 12.2 Å². The van der Waals surface area contributed by atoms with Crippen LogP contribution in [0.25, 0.3) is 0 Å². The Morgan fingerprint density at radius 2 is 1.62 bits per heavy atom. The van der Waals surface area contributed by atoms with Gasteiger partial charge in [-0.2, -0.15) is 0 Å². The molecule has 0 radical (unpaired) electrons. The summed E-state index contributed by atoms with van der Waals surface area (Å²) in [7, 11) is 0. The molecule has 0 spiro atoms. The highest BCUT2D eigenvalue weighted by molar-refractivity contribution is 7.80. The van der Waals surface area contributed by atoms with E-state index >= 15 is 0 Å². The van der Waals surface area contributed by atoms with Gasteiger partial charge in [0.05, 0.1) is 48.7 Å². The Labute approximate surface area is 236 Å². The van der Waals surface area contributed by atoms with Gasteiger partial charge in [0.25, 0.3) is 5.91 Å². The molecule has 2 amide bonds. The van der Waals surface area contributed by atoms with Crippen LogP contribution in [-0.4, -0.2) is 58.0 Å². The fourth-order valence-electron chi connectivity index (χ4n) is 4.20. The van der Waals surface area contributed by atoms with Crippen LogP contribution in [-0.2, 0) is 25.6 Å². The number of esters is 2. The SMILES string of the molecule is CCOC(=O)c1ccc(N2C(=O)[C@H](CC(=O)Nc3cccc(C(=O)OCC)c3)N(Cc3ccccn3)C2=S)cc1. The van der Waals surface area contributed by atoms with Crippen molar-refractivity contribution in [2.75, 3.05) is 23.4 Å². The zero-order valence-corrected chi connectivity index (χ0v) is 22.8. The Balaban J connectivity index is 1.56. The van der Waals surface area contributed by atoms with Gasteiger partial charge in [0.1, 0.15) is 6.04 Å². The van der Waals surface area contributed by atoms with Crippen LogP contribution in [0.15, 0.2) is 72.9 Å². The van der Waals surface area contributed by atoms with Gasteiger partial charge in [-0.25, -0.2) is 9.59 Å². The molecule has 1 atom stereocenters. The van der Waals surface area contributed by atoms with Gasteiger partial charge in [-0.3, -0.25) is 19.5 Å². The van der Waals surface area contributed by atoms with E-state index in [4.69, 9.17) is 21.7 Å². The minimum absolute atomic E-state index is 0.202. The number of hydrogen-bond acceptors (Lipinski definition) is 8. The number of pyridine rings is 1. The van der Waals surface area contributed by atoms with Crippen molar-refractivity contribution in [3.05, 3.63) is 89.7 Å². The van der Waals surface area contributed by atoms with Crippen LogP contribution in [0.1, 0.15) is 46.7 Å². The minimum Gasteiger partial charge on any atom is -0.462 e. The van der Waals surface area contributed by atoms with Crippen molar-refractivity contribution in [2.45, 2.75) is 32.9 Å². The predicted molar refractivity (Wildman–Crippen MR) is 152 cm³/mol. The van der Waals surface area contributed by atoms with Crippen LogP contribution in [0.4, 0.5) is 11.4 Å². The lowest BCUT2D eigenvalue weighted by atomic mass is 10.1. The van der Waals surface area contributed by atoms with Crippen molar-refractivity contribution in [2.24, 2.45) is 0 Å². The van der Waals surface area contributed by atoms with Gasteiger partial charge >= 0.3 is 11.9 Å². The number of ether oxygens (including phenoxy) is 2. The second-order valence-electron chi connectivity index (χ2n) is 8.74. The Morgan fingerprint density at radius 3 is 2.27 bits per heavy atom. The average molecular weight is 561 g/mol. The number of nitrogens with one attached hydrogen (secondary N) is 1. The summed E-state index contributed by atoms with van der Waals surface area (Å²) < 4.78 is 10.1. The first-order valence-electron chi connectivity index (χ1n) is 12.7. The minimum atomic E-state index is -0.910. The predicted octanol–water partition coefficient (Wildman–Crippen LogP) is 3.97. The second-order valence-corrected chi connectivity index (χ2v) is 9.11. The monoisotopic (exact) mass is 560 g/mol. The largest absolute Gasteiger partial charge is 0.462 e. The molecule has 206 valence electrons.